The molecule has 4 rings (SSSR count). The number of rotatable bonds is 7. The summed E-state index contributed by atoms with van der Waals surface area (Å²) in [5.41, 5.74) is 4.14. The van der Waals surface area contributed by atoms with E-state index in [0.717, 1.165) is 29.2 Å². The Kier molecular flexibility index (Phi) is 7.66. The number of amides is 1. The quantitative estimate of drug-likeness (QED) is 0.448. The minimum absolute atomic E-state index is 0.0589. The Morgan fingerprint density at radius 1 is 1.14 bits per heavy atom. The minimum Gasteiger partial charge on any atom is -0.497 e. The minimum atomic E-state index is -0.0876. The van der Waals surface area contributed by atoms with E-state index in [9.17, 15) is 4.79 Å². The molecule has 2 aromatic carbocycles. The normalized spacial score (nSPS) is 21.3. The maximum atomic E-state index is 13.4. The van der Waals surface area contributed by atoms with Crippen LogP contribution in [0.1, 0.15) is 44.2 Å². The molecule has 7 nitrogen and oxygen atoms in total. The van der Waals surface area contributed by atoms with Gasteiger partial charge < -0.3 is 19.1 Å². The van der Waals surface area contributed by atoms with Gasteiger partial charge in [-0.25, -0.2) is 4.99 Å². The second-order valence-electron chi connectivity index (χ2n) is 9.78. The van der Waals surface area contributed by atoms with Gasteiger partial charge in [-0.15, -0.1) is 0 Å². The van der Waals surface area contributed by atoms with E-state index in [0.29, 0.717) is 29.1 Å². The predicted molar refractivity (Wildman–Crippen MR) is 148 cm³/mol. The second kappa shape index (κ2) is 10.6. The number of amidine groups is 1. The molecule has 0 N–H and O–H groups in total. The third-order valence-electron chi connectivity index (χ3n) is 6.98. The van der Waals surface area contributed by atoms with Crippen LogP contribution < -0.4 is 14.4 Å². The van der Waals surface area contributed by atoms with Crippen LogP contribution in [0, 0.1) is 0 Å². The first-order valence-electron chi connectivity index (χ1n) is 12.1. The molecule has 192 valence electrons. The van der Waals surface area contributed by atoms with Crippen LogP contribution in [0.4, 0.5) is 11.4 Å². The lowest BCUT2D eigenvalue weighted by Gasteiger charge is -2.45. The van der Waals surface area contributed by atoms with Crippen molar-refractivity contribution in [3.05, 3.63) is 52.4 Å². The summed E-state index contributed by atoms with van der Waals surface area (Å²) in [5, 5.41) is 0.625. The number of carbonyl (C=O) groups excluding carboxylic acids is 1. The van der Waals surface area contributed by atoms with Crippen molar-refractivity contribution < 1.29 is 19.0 Å². The predicted octanol–water partition coefficient (Wildman–Crippen LogP) is 5.68. The number of fused-ring (bicyclic) bond motifs is 1. The molecule has 1 amide bonds. The van der Waals surface area contributed by atoms with Crippen molar-refractivity contribution in [2.24, 2.45) is 4.99 Å². The van der Waals surface area contributed by atoms with Gasteiger partial charge in [-0.2, -0.15) is 0 Å². The van der Waals surface area contributed by atoms with Crippen molar-refractivity contribution in [2.45, 2.75) is 38.6 Å². The summed E-state index contributed by atoms with van der Waals surface area (Å²) in [6.07, 6.45) is 2.98. The molecule has 2 heterocycles. The van der Waals surface area contributed by atoms with Gasteiger partial charge in [0.05, 0.1) is 38.0 Å². The topological polar surface area (TPSA) is 63.6 Å². The number of nitrogens with zero attached hydrogens (tertiary/aromatic N) is 3. The monoisotopic (exact) mass is 509 g/mol. The molecule has 0 aliphatic carbocycles. The standard InChI is InChI=1S/C28H35N3O4S/c1-18-17-28(2,3)30(4)23-16-24(35-7)19(14-22(18)23)15-25-26(32)31(12-13-33-5)27(36-25)29-20-8-10-21(34-6)11-9-20/h8-11,14-16,18H,12-13,17H2,1-7H3/b25-15+,29-27?. The number of thioether (sulfide) groups is 1. The zero-order valence-electron chi connectivity index (χ0n) is 22.1. The highest BCUT2D eigenvalue weighted by Gasteiger charge is 2.36. The van der Waals surface area contributed by atoms with Gasteiger partial charge in [0.1, 0.15) is 11.5 Å². The summed E-state index contributed by atoms with van der Waals surface area (Å²) in [6.45, 7) is 7.64. The maximum absolute atomic E-state index is 13.4. The van der Waals surface area contributed by atoms with Gasteiger partial charge in [0.25, 0.3) is 5.91 Å². The average molecular weight is 510 g/mol. The van der Waals surface area contributed by atoms with Crippen LogP contribution in [0.5, 0.6) is 11.5 Å². The molecule has 1 saturated heterocycles. The smallest absolute Gasteiger partial charge is 0.266 e. The van der Waals surface area contributed by atoms with Crippen LogP contribution in [0.3, 0.4) is 0 Å². The molecule has 0 bridgehead atoms. The Labute approximate surface area is 218 Å². The molecular formula is C28H35N3O4S. The van der Waals surface area contributed by atoms with E-state index >= 15 is 0 Å². The summed E-state index contributed by atoms with van der Waals surface area (Å²) in [7, 11) is 7.06. The fourth-order valence-electron chi connectivity index (χ4n) is 4.78. The first kappa shape index (κ1) is 26.1. The molecule has 2 aliphatic rings. The van der Waals surface area contributed by atoms with Crippen molar-refractivity contribution in [1.29, 1.82) is 0 Å². The second-order valence-corrected chi connectivity index (χ2v) is 10.8. The zero-order chi connectivity index (χ0) is 26.0. The van der Waals surface area contributed by atoms with E-state index in [1.54, 1.807) is 26.2 Å². The molecule has 2 aromatic rings. The lowest BCUT2D eigenvalue weighted by Crippen LogP contribution is -2.45. The molecule has 1 unspecified atom stereocenters. The highest BCUT2D eigenvalue weighted by molar-refractivity contribution is 8.18. The van der Waals surface area contributed by atoms with Gasteiger partial charge >= 0.3 is 0 Å². The summed E-state index contributed by atoms with van der Waals surface area (Å²) in [4.78, 5) is 22.8. The fraction of sp³-hybridized carbons (Fsp3) is 0.429. The number of hydrogen-bond donors (Lipinski definition) is 0. The molecule has 0 radical (unpaired) electrons. The SMILES string of the molecule is COCCN1C(=O)/C(=C\c2cc3c(cc2OC)N(C)C(C)(C)CC3C)SC1=Nc1ccc(OC)cc1. The molecule has 2 aliphatic heterocycles. The van der Waals surface area contributed by atoms with Crippen molar-refractivity contribution in [2.75, 3.05) is 46.4 Å². The first-order chi connectivity index (χ1) is 17.2. The van der Waals surface area contributed by atoms with Crippen molar-refractivity contribution >= 4 is 40.3 Å². The lowest BCUT2D eigenvalue weighted by molar-refractivity contribution is -0.122. The van der Waals surface area contributed by atoms with Crippen molar-refractivity contribution in [3.8, 4) is 11.5 Å². The number of anilines is 1. The molecule has 0 saturated carbocycles. The number of ether oxygens (including phenoxy) is 3. The average Bonchev–Trinajstić information content (AvgIpc) is 3.14. The number of aliphatic imine (C=N–C) groups is 1. The van der Waals surface area contributed by atoms with Gasteiger partial charge in [-0.3, -0.25) is 9.69 Å². The van der Waals surface area contributed by atoms with Crippen LogP contribution in [0.2, 0.25) is 0 Å². The van der Waals surface area contributed by atoms with Gasteiger partial charge in [0.2, 0.25) is 0 Å². The van der Waals surface area contributed by atoms with Crippen LogP contribution in [0.25, 0.3) is 6.08 Å². The third kappa shape index (κ3) is 5.11. The van der Waals surface area contributed by atoms with E-state index in [4.69, 9.17) is 19.2 Å². The van der Waals surface area contributed by atoms with Crippen LogP contribution >= 0.6 is 11.8 Å². The summed E-state index contributed by atoms with van der Waals surface area (Å²) in [6, 6.07) is 11.7. The van der Waals surface area contributed by atoms with E-state index in [1.165, 1.54) is 23.0 Å². The van der Waals surface area contributed by atoms with E-state index in [1.807, 2.05) is 30.3 Å². The Morgan fingerprint density at radius 2 is 1.86 bits per heavy atom. The van der Waals surface area contributed by atoms with E-state index < -0.39 is 0 Å². The number of hydrogen-bond acceptors (Lipinski definition) is 7. The molecule has 36 heavy (non-hydrogen) atoms. The molecule has 1 atom stereocenters. The van der Waals surface area contributed by atoms with E-state index in [-0.39, 0.29) is 11.4 Å². The molecule has 0 spiro atoms. The van der Waals surface area contributed by atoms with Gasteiger partial charge in [0, 0.05) is 37.0 Å². The Hall–Kier alpha value is -2.97. The van der Waals surface area contributed by atoms with Gasteiger partial charge in [0.15, 0.2) is 5.17 Å². The Morgan fingerprint density at radius 3 is 2.50 bits per heavy atom. The third-order valence-corrected chi connectivity index (χ3v) is 7.98. The highest BCUT2D eigenvalue weighted by atomic mass is 32.2. The Bertz CT molecular complexity index is 1190. The zero-order valence-corrected chi connectivity index (χ0v) is 22.9. The largest absolute Gasteiger partial charge is 0.497 e. The van der Waals surface area contributed by atoms with Gasteiger partial charge in [-0.1, -0.05) is 6.92 Å². The summed E-state index contributed by atoms with van der Waals surface area (Å²) < 4.78 is 16.3. The van der Waals surface area contributed by atoms with Crippen LogP contribution in [-0.2, 0) is 9.53 Å². The van der Waals surface area contributed by atoms with Crippen molar-refractivity contribution in [3.63, 3.8) is 0 Å². The first-order valence-corrected chi connectivity index (χ1v) is 12.9. The summed E-state index contributed by atoms with van der Waals surface area (Å²) >= 11 is 1.37. The highest BCUT2D eigenvalue weighted by Crippen LogP contribution is 2.46. The molecule has 1 fully saturated rings. The maximum Gasteiger partial charge on any atom is 0.266 e. The van der Waals surface area contributed by atoms with E-state index in [2.05, 4.69) is 44.9 Å². The number of methoxy groups -OCH3 is 3. The molecular weight excluding hydrogens is 474 g/mol. The van der Waals surface area contributed by atoms with Gasteiger partial charge in [-0.05, 0) is 79.9 Å². The number of carbonyl (C=O) groups is 1. The lowest BCUT2D eigenvalue weighted by atomic mass is 9.80. The number of benzene rings is 2. The van der Waals surface area contributed by atoms with Crippen LogP contribution in [0.15, 0.2) is 46.3 Å². The molecule has 0 aromatic heterocycles. The molecule has 8 heteroatoms. The Balaban J connectivity index is 1.72. The fourth-order valence-corrected chi connectivity index (χ4v) is 5.80. The van der Waals surface area contributed by atoms with Crippen molar-refractivity contribution in [1.82, 2.24) is 4.90 Å². The summed E-state index contributed by atoms with van der Waals surface area (Å²) in [5.74, 6) is 1.81. The van der Waals surface area contributed by atoms with Crippen LogP contribution in [-0.4, -0.2) is 63.0 Å².